The summed E-state index contributed by atoms with van der Waals surface area (Å²) in [7, 11) is 0. The molecule has 5 aromatic rings. The predicted octanol–water partition coefficient (Wildman–Crippen LogP) is 5.07. The number of aromatic carboxylic acids is 1. The first-order valence-electron chi connectivity index (χ1n) is 22.9. The lowest BCUT2D eigenvalue weighted by Gasteiger charge is -2.35. The van der Waals surface area contributed by atoms with Crippen LogP contribution in [0.5, 0.6) is 0 Å². The van der Waals surface area contributed by atoms with E-state index in [1.54, 1.807) is 64.0 Å². The standard InChI is InChI=1S/C49H53F2N9O9.CH2O2/c1-2-57-27-38(47(64)65)45(62)37-25-39(51)43(26-42(37)57)58-19-21-59(22-20-58)49(67)69-30-33-12-16-36(17-13-33)54-46(63)41(9-6-18-53-48(52)66)60-28-40(55-56-60)34(23-31-10-14-35(50)15-11-31)24-44(61)68-29-32-7-4-3-5-8-32;2-1-3/h3-5,7-8,10-17,25-28,34,41,55-56H,2,6,9,18-24,29-30H2,1H3,(H,54,63)(H,64,65)(H3,52,53,66);1H,(H,2,3)/t34-,41+;/m1./s1. The number of allylic oxidation sites excluding steroid dienone is 1. The number of hydrogen-bond donors (Lipinski definition) is 7. The number of benzene rings is 4. The number of carbonyl (C=O) groups is 6. The summed E-state index contributed by atoms with van der Waals surface area (Å²) in [6.07, 6.45) is 3.37. The summed E-state index contributed by atoms with van der Waals surface area (Å²) >= 11 is 0. The van der Waals surface area contributed by atoms with Crippen LogP contribution in [0, 0.1) is 17.6 Å². The van der Waals surface area contributed by atoms with Crippen molar-refractivity contribution in [2.75, 3.05) is 42.9 Å². The number of hydrazine groups is 2. The number of halogens is 2. The highest BCUT2D eigenvalue weighted by atomic mass is 19.1. The van der Waals surface area contributed by atoms with E-state index in [-0.39, 0.29) is 76.3 Å². The van der Waals surface area contributed by atoms with Crippen molar-refractivity contribution < 1.29 is 57.2 Å². The quantitative estimate of drug-likeness (QED) is 0.0323. The Kier molecular flexibility index (Phi) is 18.6. The van der Waals surface area contributed by atoms with Crippen LogP contribution in [0.25, 0.3) is 10.9 Å². The Morgan fingerprint density at radius 3 is 2.19 bits per heavy atom. The first kappa shape index (κ1) is 52.8. The number of rotatable bonds is 19. The second-order valence-corrected chi connectivity index (χ2v) is 16.7. The lowest BCUT2D eigenvalue weighted by molar-refractivity contribution is -0.145. The van der Waals surface area contributed by atoms with Gasteiger partial charge >= 0.3 is 24.1 Å². The molecular weight excluding hydrogens is 941 g/mol. The summed E-state index contributed by atoms with van der Waals surface area (Å²) in [5.74, 6) is -3.75. The number of ether oxygens (including phenoxy) is 2. The number of aromatic nitrogens is 1. The van der Waals surface area contributed by atoms with Gasteiger partial charge in [-0.3, -0.25) is 24.2 Å². The molecule has 20 nitrogen and oxygen atoms in total. The second-order valence-electron chi connectivity index (χ2n) is 16.7. The van der Waals surface area contributed by atoms with Crippen LogP contribution in [-0.2, 0) is 50.0 Å². The highest BCUT2D eigenvalue weighted by molar-refractivity contribution is 5.95. The highest BCUT2D eigenvalue weighted by Crippen LogP contribution is 2.28. The number of carboxylic acid groups (broad SMARTS) is 2. The average molecular weight is 996 g/mol. The van der Waals surface area contributed by atoms with Crippen molar-refractivity contribution in [3.05, 3.63) is 153 Å². The molecule has 0 unspecified atom stereocenters. The van der Waals surface area contributed by atoms with Crippen LogP contribution in [0.2, 0.25) is 0 Å². The summed E-state index contributed by atoms with van der Waals surface area (Å²) in [6.45, 7) is 3.15. The Morgan fingerprint density at radius 1 is 0.889 bits per heavy atom. The van der Waals surface area contributed by atoms with Gasteiger partial charge in [0.05, 0.1) is 17.6 Å². The van der Waals surface area contributed by atoms with E-state index in [9.17, 15) is 38.3 Å². The van der Waals surface area contributed by atoms with Gasteiger partial charge in [0.1, 0.15) is 36.5 Å². The maximum absolute atomic E-state index is 15.4. The van der Waals surface area contributed by atoms with Crippen molar-refractivity contribution in [2.45, 2.75) is 58.4 Å². The molecule has 380 valence electrons. The van der Waals surface area contributed by atoms with Crippen LogP contribution < -0.4 is 37.7 Å². The zero-order chi connectivity index (χ0) is 51.7. The maximum Gasteiger partial charge on any atom is 0.410 e. The van der Waals surface area contributed by atoms with E-state index in [1.807, 2.05) is 30.3 Å². The Balaban J connectivity index is 0.00000275. The van der Waals surface area contributed by atoms with Gasteiger partial charge in [-0.1, -0.05) is 54.6 Å². The van der Waals surface area contributed by atoms with Crippen molar-refractivity contribution in [2.24, 2.45) is 11.7 Å². The fraction of sp³-hybridized carbons (Fsp3) is 0.300. The first-order chi connectivity index (χ1) is 34.7. The Hall–Kier alpha value is -8.53. The normalized spacial score (nSPS) is 13.9. The number of urea groups is 1. The smallest absolute Gasteiger partial charge is 0.410 e. The molecule has 22 heteroatoms. The van der Waals surface area contributed by atoms with Crippen molar-refractivity contribution in [3.63, 3.8) is 0 Å². The number of piperazine rings is 1. The third-order valence-electron chi connectivity index (χ3n) is 11.9. The molecule has 4 aromatic carbocycles. The molecule has 72 heavy (non-hydrogen) atoms. The van der Waals surface area contributed by atoms with Gasteiger partial charge in [0, 0.05) is 74.4 Å². The summed E-state index contributed by atoms with van der Waals surface area (Å²) < 4.78 is 42.0. The minimum absolute atomic E-state index is 0.0189. The molecule has 0 spiro atoms. The molecule has 0 bridgehead atoms. The van der Waals surface area contributed by atoms with Crippen LogP contribution in [0.3, 0.4) is 0 Å². The molecule has 4 amide bonds. The van der Waals surface area contributed by atoms with E-state index in [2.05, 4.69) is 21.6 Å². The lowest BCUT2D eigenvalue weighted by atomic mass is 9.93. The van der Waals surface area contributed by atoms with E-state index < -0.39 is 64.6 Å². The summed E-state index contributed by atoms with van der Waals surface area (Å²) in [5.41, 5.74) is 14.1. The number of carboxylic acids is 1. The first-order valence-corrected chi connectivity index (χ1v) is 22.9. The maximum atomic E-state index is 15.4. The summed E-state index contributed by atoms with van der Waals surface area (Å²) in [5, 5.41) is 23.4. The average Bonchev–Trinajstić information content (AvgIpc) is 3.86. The number of amides is 4. The van der Waals surface area contributed by atoms with Gasteiger partial charge in [-0.25, -0.2) is 23.2 Å². The van der Waals surface area contributed by atoms with E-state index in [0.717, 1.165) is 17.2 Å². The lowest BCUT2D eigenvalue weighted by Crippen LogP contribution is -2.49. The molecular formula is C50H55F2N9O11. The Bertz CT molecular complexity index is 2810. The third-order valence-corrected chi connectivity index (χ3v) is 11.9. The van der Waals surface area contributed by atoms with Gasteiger partial charge in [0.15, 0.2) is 0 Å². The van der Waals surface area contributed by atoms with E-state index in [0.29, 0.717) is 41.9 Å². The number of aryl methyl sites for hydroxylation is 1. The van der Waals surface area contributed by atoms with E-state index in [1.165, 1.54) is 29.3 Å². The molecule has 1 saturated heterocycles. The predicted molar refractivity (Wildman–Crippen MR) is 260 cm³/mol. The van der Waals surface area contributed by atoms with Crippen LogP contribution in [0.4, 0.5) is 29.7 Å². The number of anilines is 2. The topological polar surface area (TPSA) is 267 Å². The van der Waals surface area contributed by atoms with Crippen molar-refractivity contribution in [1.82, 2.24) is 30.8 Å². The summed E-state index contributed by atoms with van der Waals surface area (Å²) in [6, 6.07) is 23.1. The van der Waals surface area contributed by atoms with Gasteiger partial charge < -0.3 is 55.8 Å². The number of carbonyl (C=O) groups excluding carboxylic acids is 4. The molecule has 2 aliphatic heterocycles. The Morgan fingerprint density at radius 2 is 1.54 bits per heavy atom. The third kappa shape index (κ3) is 14.3. The summed E-state index contributed by atoms with van der Waals surface area (Å²) in [4.78, 5) is 87.7. The minimum Gasteiger partial charge on any atom is -0.483 e. The molecule has 7 rings (SSSR count). The fourth-order valence-corrected chi connectivity index (χ4v) is 8.15. The molecule has 8 N–H and O–H groups in total. The zero-order valence-electron chi connectivity index (χ0n) is 39.2. The van der Waals surface area contributed by atoms with Gasteiger partial charge in [0.2, 0.25) is 11.3 Å². The van der Waals surface area contributed by atoms with Crippen LogP contribution in [0.1, 0.15) is 53.2 Å². The number of nitrogens with zero attached hydrogens (tertiary/aromatic N) is 4. The molecule has 1 aromatic heterocycles. The van der Waals surface area contributed by atoms with Crippen LogP contribution in [-0.4, -0.2) is 99.9 Å². The largest absolute Gasteiger partial charge is 0.483 e. The number of nitrogens with one attached hydrogen (secondary N) is 4. The molecule has 0 saturated carbocycles. The highest BCUT2D eigenvalue weighted by Gasteiger charge is 2.31. The fourth-order valence-electron chi connectivity index (χ4n) is 8.15. The van der Waals surface area contributed by atoms with Crippen LogP contribution in [0.15, 0.2) is 114 Å². The van der Waals surface area contributed by atoms with Crippen molar-refractivity contribution in [1.29, 1.82) is 0 Å². The minimum atomic E-state index is -1.39. The SMILES string of the molecule is CCn1cc(C(=O)O)c(=O)c2cc(F)c(N3CCN(C(=O)OCc4ccc(NC(=O)[C@H](CCCNC(N)=O)N5C=C([C@@H](CC(=O)OCc6ccccc6)Cc6ccc(F)cc6)NN5)cc4)CC3)cc21.O=CO. The molecule has 0 aliphatic carbocycles. The number of fused-ring (bicyclic) bond motifs is 1. The van der Waals surface area contributed by atoms with E-state index >= 15 is 4.39 Å². The monoisotopic (exact) mass is 995 g/mol. The van der Waals surface area contributed by atoms with Crippen LogP contribution >= 0.6 is 0 Å². The van der Waals surface area contributed by atoms with Gasteiger partial charge in [-0.2, -0.15) is 0 Å². The molecule has 1 fully saturated rings. The number of pyridine rings is 1. The van der Waals surface area contributed by atoms with Crippen molar-refractivity contribution >= 4 is 58.7 Å². The second kappa shape index (κ2) is 25.4. The van der Waals surface area contributed by atoms with Gasteiger partial charge in [-0.05, 0) is 79.3 Å². The number of esters is 1. The number of primary amides is 1. The zero-order valence-corrected chi connectivity index (χ0v) is 39.2. The number of nitrogens with two attached hydrogens (primary N) is 1. The molecule has 2 atom stereocenters. The van der Waals surface area contributed by atoms with Gasteiger partial charge in [0.25, 0.3) is 6.47 Å². The van der Waals surface area contributed by atoms with Crippen molar-refractivity contribution in [3.8, 4) is 0 Å². The molecule has 3 heterocycles. The number of hydrogen-bond acceptors (Lipinski definition) is 13. The Labute approximate surface area is 411 Å². The molecule has 0 radical (unpaired) electrons. The molecule has 2 aliphatic rings. The van der Waals surface area contributed by atoms with E-state index in [4.69, 9.17) is 25.1 Å². The van der Waals surface area contributed by atoms with Gasteiger partial charge in [-0.15, -0.1) is 5.53 Å².